The van der Waals surface area contributed by atoms with Crippen LogP contribution in [0.5, 0.6) is 0 Å². The van der Waals surface area contributed by atoms with Gasteiger partial charge in [0, 0.05) is 17.3 Å². The Morgan fingerprint density at radius 2 is 2.05 bits per heavy atom. The lowest BCUT2D eigenvalue weighted by molar-refractivity contribution is -0.141. The SMILES string of the molecule is NNC(=O)c1ccc(F)c(Cn2ccc(C(F)(F)F)n2)c1. The Kier molecular flexibility index (Phi) is 3.94. The van der Waals surface area contributed by atoms with Crippen LogP contribution in [0.2, 0.25) is 0 Å². The number of amides is 1. The van der Waals surface area contributed by atoms with Gasteiger partial charge in [-0.05, 0) is 24.3 Å². The second kappa shape index (κ2) is 5.52. The van der Waals surface area contributed by atoms with Crippen LogP contribution in [0.1, 0.15) is 21.6 Å². The second-order valence-corrected chi connectivity index (χ2v) is 4.18. The van der Waals surface area contributed by atoms with Gasteiger partial charge >= 0.3 is 6.18 Å². The molecule has 9 heteroatoms. The lowest BCUT2D eigenvalue weighted by Crippen LogP contribution is -2.30. The summed E-state index contributed by atoms with van der Waals surface area (Å²) in [5.74, 6) is 3.67. The van der Waals surface area contributed by atoms with Gasteiger partial charge in [0.2, 0.25) is 0 Å². The van der Waals surface area contributed by atoms with Crippen molar-refractivity contribution >= 4 is 5.91 Å². The molecule has 0 aliphatic heterocycles. The van der Waals surface area contributed by atoms with E-state index in [-0.39, 0.29) is 17.7 Å². The van der Waals surface area contributed by atoms with Crippen molar-refractivity contribution in [3.63, 3.8) is 0 Å². The third kappa shape index (κ3) is 3.37. The fourth-order valence-corrected chi connectivity index (χ4v) is 1.70. The van der Waals surface area contributed by atoms with E-state index in [0.29, 0.717) is 0 Å². The minimum absolute atomic E-state index is 0.0212. The van der Waals surface area contributed by atoms with E-state index in [9.17, 15) is 22.4 Å². The van der Waals surface area contributed by atoms with E-state index in [1.165, 1.54) is 12.1 Å². The molecule has 0 bridgehead atoms. The van der Waals surface area contributed by atoms with Crippen LogP contribution in [0.25, 0.3) is 0 Å². The minimum atomic E-state index is -4.56. The summed E-state index contributed by atoms with van der Waals surface area (Å²) in [4.78, 5) is 11.3. The number of rotatable bonds is 3. The van der Waals surface area contributed by atoms with Crippen LogP contribution in [0.3, 0.4) is 0 Å². The molecule has 0 aliphatic rings. The lowest BCUT2D eigenvalue weighted by Gasteiger charge is -2.07. The number of benzene rings is 1. The van der Waals surface area contributed by atoms with E-state index in [4.69, 9.17) is 5.84 Å². The number of alkyl halides is 3. The number of hydrogen-bond acceptors (Lipinski definition) is 3. The largest absolute Gasteiger partial charge is 0.435 e. The number of hydrogen-bond donors (Lipinski definition) is 2. The van der Waals surface area contributed by atoms with Crippen molar-refractivity contribution in [3.8, 4) is 0 Å². The Bertz CT molecular complexity index is 666. The Morgan fingerprint density at radius 1 is 1.33 bits per heavy atom. The number of nitrogen functional groups attached to an aromatic ring is 1. The van der Waals surface area contributed by atoms with Crippen molar-refractivity contribution in [2.24, 2.45) is 5.84 Å². The van der Waals surface area contributed by atoms with Crippen LogP contribution in [0.15, 0.2) is 30.5 Å². The number of halogens is 4. The minimum Gasteiger partial charge on any atom is -0.290 e. The third-order valence-electron chi connectivity index (χ3n) is 2.70. The molecule has 112 valence electrons. The van der Waals surface area contributed by atoms with Gasteiger partial charge in [0.05, 0.1) is 6.54 Å². The standard InChI is InChI=1S/C12H10F4N4O/c13-9-2-1-7(11(21)18-17)5-8(9)6-20-4-3-10(19-20)12(14,15)16/h1-5H,6,17H2,(H,18,21). The van der Waals surface area contributed by atoms with Gasteiger partial charge in [0.25, 0.3) is 5.91 Å². The van der Waals surface area contributed by atoms with Crippen molar-refractivity contribution in [2.75, 3.05) is 0 Å². The summed E-state index contributed by atoms with van der Waals surface area (Å²) in [5, 5.41) is 3.31. The maximum atomic E-state index is 13.6. The third-order valence-corrected chi connectivity index (χ3v) is 2.70. The summed E-state index contributed by atoms with van der Waals surface area (Å²) >= 11 is 0. The monoisotopic (exact) mass is 302 g/mol. The van der Waals surface area contributed by atoms with Crippen molar-refractivity contribution in [1.82, 2.24) is 15.2 Å². The van der Waals surface area contributed by atoms with Gasteiger partial charge in [0.15, 0.2) is 5.69 Å². The van der Waals surface area contributed by atoms with Gasteiger partial charge in [0.1, 0.15) is 5.82 Å². The zero-order chi connectivity index (χ0) is 15.6. The first-order chi connectivity index (χ1) is 9.81. The average Bonchev–Trinajstić information content (AvgIpc) is 2.89. The van der Waals surface area contributed by atoms with Crippen LogP contribution < -0.4 is 11.3 Å². The molecule has 0 fully saturated rings. The zero-order valence-corrected chi connectivity index (χ0v) is 10.5. The number of carbonyl (C=O) groups excluding carboxylic acids is 1. The van der Waals surface area contributed by atoms with Crippen molar-refractivity contribution in [1.29, 1.82) is 0 Å². The number of carbonyl (C=O) groups is 1. The molecule has 1 aromatic heterocycles. The van der Waals surface area contributed by atoms with E-state index in [1.807, 2.05) is 5.43 Å². The molecular weight excluding hydrogens is 292 g/mol. The Balaban J connectivity index is 2.27. The summed E-state index contributed by atoms with van der Waals surface area (Å²) in [6.07, 6.45) is -3.48. The quantitative estimate of drug-likeness (QED) is 0.392. The highest BCUT2D eigenvalue weighted by Gasteiger charge is 2.33. The van der Waals surface area contributed by atoms with Crippen molar-refractivity contribution in [2.45, 2.75) is 12.7 Å². The fraction of sp³-hybridized carbons (Fsp3) is 0.167. The maximum absolute atomic E-state index is 13.6. The van der Waals surface area contributed by atoms with Gasteiger partial charge in [-0.15, -0.1) is 0 Å². The summed E-state index contributed by atoms with van der Waals surface area (Å²) in [6.45, 7) is -0.242. The molecule has 1 heterocycles. The highest BCUT2D eigenvalue weighted by molar-refractivity contribution is 5.93. The highest BCUT2D eigenvalue weighted by atomic mass is 19.4. The molecule has 0 spiro atoms. The number of nitrogens with two attached hydrogens (primary N) is 1. The van der Waals surface area contributed by atoms with Crippen LogP contribution in [-0.4, -0.2) is 15.7 Å². The van der Waals surface area contributed by atoms with Gasteiger partial charge in [-0.3, -0.25) is 14.9 Å². The molecule has 0 atom stereocenters. The van der Waals surface area contributed by atoms with Crippen LogP contribution >= 0.6 is 0 Å². The van der Waals surface area contributed by atoms with Gasteiger partial charge in [-0.2, -0.15) is 18.3 Å². The van der Waals surface area contributed by atoms with Crippen LogP contribution in [-0.2, 0) is 12.7 Å². The Morgan fingerprint density at radius 3 is 2.62 bits per heavy atom. The molecule has 1 aromatic carbocycles. The summed E-state index contributed by atoms with van der Waals surface area (Å²) in [6, 6.07) is 4.24. The first-order valence-corrected chi connectivity index (χ1v) is 5.71. The van der Waals surface area contributed by atoms with E-state index in [2.05, 4.69) is 5.10 Å². The van der Waals surface area contributed by atoms with E-state index in [0.717, 1.165) is 23.0 Å². The molecule has 0 saturated carbocycles. The topological polar surface area (TPSA) is 72.9 Å². The first-order valence-electron chi connectivity index (χ1n) is 5.71. The average molecular weight is 302 g/mol. The molecule has 5 nitrogen and oxygen atoms in total. The highest BCUT2D eigenvalue weighted by Crippen LogP contribution is 2.27. The first kappa shape index (κ1) is 15.0. The predicted octanol–water partition coefficient (Wildman–Crippen LogP) is 1.69. The normalized spacial score (nSPS) is 11.5. The second-order valence-electron chi connectivity index (χ2n) is 4.18. The number of aromatic nitrogens is 2. The number of nitrogens with one attached hydrogen (secondary N) is 1. The molecule has 0 radical (unpaired) electrons. The molecule has 21 heavy (non-hydrogen) atoms. The molecular formula is C12H10F4N4O. The summed E-state index contributed by atoms with van der Waals surface area (Å²) in [7, 11) is 0. The molecule has 0 unspecified atom stereocenters. The fourth-order valence-electron chi connectivity index (χ4n) is 1.70. The summed E-state index contributed by atoms with van der Waals surface area (Å²) in [5.41, 5.74) is 0.928. The van der Waals surface area contributed by atoms with Gasteiger partial charge in [-0.1, -0.05) is 0 Å². The molecule has 0 aliphatic carbocycles. The summed E-state index contributed by atoms with van der Waals surface area (Å²) < 4.78 is 51.8. The van der Waals surface area contributed by atoms with E-state index in [1.54, 1.807) is 0 Å². The number of nitrogens with zero attached hydrogens (tertiary/aromatic N) is 2. The number of hydrazine groups is 1. The van der Waals surface area contributed by atoms with E-state index < -0.39 is 23.6 Å². The molecule has 0 saturated heterocycles. The van der Waals surface area contributed by atoms with Crippen molar-refractivity contribution in [3.05, 3.63) is 53.1 Å². The zero-order valence-electron chi connectivity index (χ0n) is 10.5. The smallest absolute Gasteiger partial charge is 0.290 e. The van der Waals surface area contributed by atoms with Gasteiger partial charge in [-0.25, -0.2) is 10.2 Å². The molecule has 1 amide bonds. The molecule has 2 rings (SSSR count). The van der Waals surface area contributed by atoms with Crippen LogP contribution in [0, 0.1) is 5.82 Å². The van der Waals surface area contributed by atoms with Crippen LogP contribution in [0.4, 0.5) is 17.6 Å². The lowest BCUT2D eigenvalue weighted by atomic mass is 10.1. The van der Waals surface area contributed by atoms with Gasteiger partial charge < -0.3 is 0 Å². The van der Waals surface area contributed by atoms with E-state index >= 15 is 0 Å². The Labute approximate surface area is 116 Å². The predicted molar refractivity (Wildman–Crippen MR) is 64.4 cm³/mol. The van der Waals surface area contributed by atoms with Crippen molar-refractivity contribution < 1.29 is 22.4 Å². The molecule has 3 N–H and O–H groups in total. The Hall–Kier alpha value is -2.42. The maximum Gasteiger partial charge on any atom is 0.435 e. The molecule has 2 aromatic rings.